The van der Waals surface area contributed by atoms with Crippen LogP contribution in [0.25, 0.3) is 0 Å². The number of aromatic amines is 1. The molecule has 2 heterocycles. The van der Waals surface area contributed by atoms with Gasteiger partial charge in [-0.3, -0.25) is 9.59 Å². The van der Waals surface area contributed by atoms with Crippen molar-refractivity contribution in [2.75, 3.05) is 24.5 Å². The number of aryl methyl sites for hydroxylation is 1. The Morgan fingerprint density at radius 1 is 1.29 bits per heavy atom. The van der Waals surface area contributed by atoms with E-state index in [1.165, 1.54) is 12.1 Å². The lowest BCUT2D eigenvalue weighted by Crippen LogP contribution is -2.34. The van der Waals surface area contributed by atoms with Crippen LogP contribution < -0.4 is 15.8 Å². The van der Waals surface area contributed by atoms with Gasteiger partial charge >= 0.3 is 0 Å². The predicted molar refractivity (Wildman–Crippen MR) is 90.9 cm³/mol. The summed E-state index contributed by atoms with van der Waals surface area (Å²) in [6, 6.07) is 9.69. The molecule has 0 spiro atoms. The third-order valence-corrected chi connectivity index (χ3v) is 4.33. The highest BCUT2D eigenvalue weighted by molar-refractivity contribution is 5.93. The van der Waals surface area contributed by atoms with Crippen LogP contribution in [-0.2, 0) is 0 Å². The van der Waals surface area contributed by atoms with E-state index in [9.17, 15) is 14.0 Å². The quantitative estimate of drug-likeness (QED) is 0.903. The minimum atomic E-state index is -0.369. The normalized spacial score (nSPS) is 17.1. The summed E-state index contributed by atoms with van der Waals surface area (Å²) in [5.74, 6) is -0.287. The fourth-order valence-electron chi connectivity index (χ4n) is 2.97. The van der Waals surface area contributed by atoms with Crippen molar-refractivity contribution in [1.82, 2.24) is 10.3 Å². The van der Waals surface area contributed by atoms with Gasteiger partial charge in [-0.1, -0.05) is 0 Å². The average Bonchev–Trinajstić information content (AvgIpc) is 3.02. The second kappa shape index (κ2) is 6.86. The molecule has 5 nitrogen and oxygen atoms in total. The molecule has 0 radical (unpaired) electrons. The maximum absolute atomic E-state index is 13.0. The van der Waals surface area contributed by atoms with Crippen molar-refractivity contribution in [3.05, 3.63) is 63.8 Å². The number of benzene rings is 1. The van der Waals surface area contributed by atoms with Crippen molar-refractivity contribution < 1.29 is 9.18 Å². The topological polar surface area (TPSA) is 65.2 Å². The van der Waals surface area contributed by atoms with Crippen molar-refractivity contribution in [2.45, 2.75) is 13.3 Å². The molecule has 1 fully saturated rings. The predicted octanol–water partition coefficient (Wildman–Crippen LogP) is 2.08. The molecule has 2 N–H and O–H groups in total. The number of carbonyl (C=O) groups excluding carboxylic acids is 1. The number of anilines is 1. The van der Waals surface area contributed by atoms with Crippen LogP contribution in [0.5, 0.6) is 0 Å². The van der Waals surface area contributed by atoms with Crippen LogP contribution in [0.2, 0.25) is 0 Å². The molecule has 0 aliphatic carbocycles. The third kappa shape index (κ3) is 3.64. The Labute approximate surface area is 139 Å². The fourth-order valence-corrected chi connectivity index (χ4v) is 2.97. The summed E-state index contributed by atoms with van der Waals surface area (Å²) in [4.78, 5) is 28.7. The number of hydrogen-bond acceptors (Lipinski definition) is 3. The number of pyridine rings is 1. The molecule has 126 valence electrons. The minimum absolute atomic E-state index is 0.133. The number of H-pyrrole nitrogens is 1. The highest BCUT2D eigenvalue weighted by atomic mass is 19.1. The van der Waals surface area contributed by atoms with E-state index >= 15 is 0 Å². The Hall–Kier alpha value is -2.63. The Balaban J connectivity index is 1.55. The van der Waals surface area contributed by atoms with E-state index in [-0.39, 0.29) is 22.8 Å². The largest absolute Gasteiger partial charge is 0.371 e. The van der Waals surface area contributed by atoms with Crippen molar-refractivity contribution in [3.63, 3.8) is 0 Å². The second-order valence-electron chi connectivity index (χ2n) is 6.17. The first-order valence-corrected chi connectivity index (χ1v) is 8.01. The Morgan fingerprint density at radius 2 is 2.04 bits per heavy atom. The Morgan fingerprint density at radius 3 is 2.75 bits per heavy atom. The molecule has 1 aliphatic heterocycles. The maximum atomic E-state index is 13.0. The number of nitrogens with one attached hydrogen (secondary N) is 2. The first-order chi connectivity index (χ1) is 11.5. The number of aromatic nitrogens is 1. The van der Waals surface area contributed by atoms with Crippen LogP contribution in [-0.4, -0.2) is 30.5 Å². The van der Waals surface area contributed by atoms with Crippen LogP contribution >= 0.6 is 0 Å². The molecule has 0 saturated carbocycles. The fraction of sp³-hybridized carbons (Fsp3) is 0.333. The highest BCUT2D eigenvalue weighted by Crippen LogP contribution is 2.23. The summed E-state index contributed by atoms with van der Waals surface area (Å²) in [5, 5.41) is 2.84. The monoisotopic (exact) mass is 329 g/mol. The molecule has 1 saturated heterocycles. The zero-order valence-corrected chi connectivity index (χ0v) is 13.5. The molecule has 24 heavy (non-hydrogen) atoms. The van der Waals surface area contributed by atoms with Gasteiger partial charge in [0.15, 0.2) is 0 Å². The Kier molecular flexibility index (Phi) is 4.64. The molecule has 2 aromatic rings. The van der Waals surface area contributed by atoms with E-state index in [2.05, 4.69) is 15.2 Å². The van der Waals surface area contributed by atoms with Crippen molar-refractivity contribution >= 4 is 11.6 Å². The molecule has 1 atom stereocenters. The van der Waals surface area contributed by atoms with E-state index in [0.717, 1.165) is 30.9 Å². The van der Waals surface area contributed by atoms with E-state index in [1.54, 1.807) is 31.2 Å². The van der Waals surface area contributed by atoms with Gasteiger partial charge in [0.05, 0.1) is 0 Å². The first-order valence-electron chi connectivity index (χ1n) is 8.01. The lowest BCUT2D eigenvalue weighted by Gasteiger charge is -2.18. The molecule has 1 aliphatic rings. The zero-order chi connectivity index (χ0) is 17.1. The van der Waals surface area contributed by atoms with Gasteiger partial charge in [-0.2, -0.15) is 0 Å². The van der Waals surface area contributed by atoms with Crippen molar-refractivity contribution in [3.8, 4) is 0 Å². The highest BCUT2D eigenvalue weighted by Gasteiger charge is 2.23. The van der Waals surface area contributed by atoms with E-state index in [1.807, 2.05) is 0 Å². The standard InChI is InChI=1S/C18H20FN3O2/c1-12-2-7-16(18(24)21-12)17(23)20-10-13-8-9-22(11-13)15-5-3-14(19)4-6-15/h2-7,13H,8-11H2,1H3,(H,20,23)(H,21,24)/t13-/m1/s1. The molecule has 1 aromatic carbocycles. The van der Waals surface area contributed by atoms with Crippen LogP contribution in [0.15, 0.2) is 41.2 Å². The molecule has 0 bridgehead atoms. The van der Waals surface area contributed by atoms with Crippen LogP contribution in [0.4, 0.5) is 10.1 Å². The number of hydrogen-bond donors (Lipinski definition) is 2. The SMILES string of the molecule is Cc1ccc(C(=O)NC[C@H]2CCN(c3ccc(F)cc3)C2)c(=O)[nH]1. The van der Waals surface area contributed by atoms with E-state index < -0.39 is 0 Å². The molecular weight excluding hydrogens is 309 g/mol. The van der Waals surface area contributed by atoms with E-state index in [0.29, 0.717) is 12.5 Å². The minimum Gasteiger partial charge on any atom is -0.371 e. The molecule has 1 amide bonds. The van der Waals surface area contributed by atoms with Gasteiger partial charge in [-0.15, -0.1) is 0 Å². The Bertz CT molecular complexity index is 786. The van der Waals surface area contributed by atoms with Crippen molar-refractivity contribution in [1.29, 1.82) is 0 Å². The lowest BCUT2D eigenvalue weighted by molar-refractivity contribution is 0.0946. The van der Waals surface area contributed by atoms with Gasteiger partial charge in [0.1, 0.15) is 11.4 Å². The first kappa shape index (κ1) is 16.2. The summed E-state index contributed by atoms with van der Waals surface area (Å²) in [6.45, 7) is 3.96. The number of halogens is 1. The number of rotatable bonds is 4. The summed E-state index contributed by atoms with van der Waals surface area (Å²) in [6.07, 6.45) is 0.946. The molecule has 0 unspecified atom stereocenters. The van der Waals surface area contributed by atoms with E-state index in [4.69, 9.17) is 0 Å². The lowest BCUT2D eigenvalue weighted by atomic mass is 10.1. The number of carbonyl (C=O) groups is 1. The van der Waals surface area contributed by atoms with Crippen LogP contribution in [0, 0.1) is 18.7 Å². The van der Waals surface area contributed by atoms with Crippen LogP contribution in [0.3, 0.4) is 0 Å². The van der Waals surface area contributed by atoms with Gasteiger partial charge < -0.3 is 15.2 Å². The van der Waals surface area contributed by atoms with Gasteiger partial charge in [-0.25, -0.2) is 4.39 Å². The van der Waals surface area contributed by atoms with Crippen LogP contribution in [0.1, 0.15) is 22.5 Å². The number of nitrogens with zero attached hydrogens (tertiary/aromatic N) is 1. The average molecular weight is 329 g/mol. The third-order valence-electron chi connectivity index (χ3n) is 4.33. The smallest absolute Gasteiger partial charge is 0.260 e. The summed E-state index contributed by atoms with van der Waals surface area (Å²) in [5.41, 5.74) is 1.48. The van der Waals surface area contributed by atoms with Gasteiger partial charge in [0, 0.05) is 31.0 Å². The second-order valence-corrected chi connectivity index (χ2v) is 6.17. The molecule has 6 heteroatoms. The molecular formula is C18H20FN3O2. The van der Waals surface area contributed by atoms with Gasteiger partial charge in [-0.05, 0) is 55.7 Å². The molecule has 3 rings (SSSR count). The van der Waals surface area contributed by atoms with Gasteiger partial charge in [0.25, 0.3) is 11.5 Å². The number of amides is 1. The maximum Gasteiger partial charge on any atom is 0.260 e. The summed E-state index contributed by atoms with van der Waals surface area (Å²) in [7, 11) is 0. The zero-order valence-electron chi connectivity index (χ0n) is 13.5. The van der Waals surface area contributed by atoms with Crippen molar-refractivity contribution in [2.24, 2.45) is 5.92 Å². The summed E-state index contributed by atoms with van der Waals surface area (Å²) >= 11 is 0. The molecule has 1 aromatic heterocycles. The summed E-state index contributed by atoms with van der Waals surface area (Å²) < 4.78 is 13.0. The van der Waals surface area contributed by atoms with Gasteiger partial charge in [0.2, 0.25) is 0 Å².